The largest absolute Gasteiger partial charge is 0.508 e. The highest BCUT2D eigenvalue weighted by Gasteiger charge is 2.53. The van der Waals surface area contributed by atoms with E-state index in [-0.39, 0.29) is 59.2 Å². The molecule has 6 aromatic carbocycles. The van der Waals surface area contributed by atoms with E-state index in [1.54, 1.807) is 13.8 Å². The lowest BCUT2D eigenvalue weighted by Gasteiger charge is -2.48. The Kier molecular flexibility index (Phi) is 29.3. The zero-order valence-corrected chi connectivity index (χ0v) is 70.3. The number of benzene rings is 6. The molecule has 0 aliphatic carbocycles. The number of aliphatic hydroxyl groups excluding tert-OH is 6. The molecule has 39 heteroatoms. The van der Waals surface area contributed by atoms with Gasteiger partial charge < -0.3 is 148 Å². The number of halogens is 2. The SMILES string of the molecule is CCCCCOc1ccc(CN[C@@]2(C)C[C@H](O[C@H]3[C@H](Oc4c5cc6cc4Oc4ccc(cc4Cl)[C@@H](O[C@@H]4C[C@](C)(N)[C@@H](O)[C@H](C)O4)[C@@H]4NC(=O)[C@H](NC(=O)[C@@H]6NC(=O)[C@H](CC(N)=O)NC(=O)[C@H](NC(=O)[C@@H](CC(C)C)NC)[C@H](O)c6ccc(c(Cl)c6)O5)c5ccc(O)c(c5)-c5c(O)cc(O)cc5[C@@H](C(=O)O)NC4=O)O[C@H](CO)[C@@H](O)[C@@H]3O)O[C@@H](C)[C@@H]2O)cc1. The molecule has 22 N–H and O–H groups in total. The molecule has 8 heterocycles. The number of rotatable bonds is 23. The van der Waals surface area contributed by atoms with Gasteiger partial charge in [0.25, 0.3) is 0 Å². The molecule has 6 aromatic rings. The molecule has 8 aliphatic heterocycles. The molecule has 3 fully saturated rings. The van der Waals surface area contributed by atoms with Crippen molar-refractivity contribution in [1.82, 2.24) is 42.5 Å². The first-order valence-corrected chi connectivity index (χ1v) is 41.3. The van der Waals surface area contributed by atoms with E-state index >= 15 is 24.0 Å². The summed E-state index contributed by atoms with van der Waals surface area (Å²) in [6.07, 6.45) is -20.0. The summed E-state index contributed by atoms with van der Waals surface area (Å²) >= 11 is 14.7. The van der Waals surface area contributed by atoms with Gasteiger partial charge in [-0.25, -0.2) is 4.79 Å². The number of amides is 7. The number of carbonyl (C=O) groups excluding carboxylic acids is 7. The smallest absolute Gasteiger partial charge is 0.330 e. The van der Waals surface area contributed by atoms with Crippen LogP contribution < -0.4 is 72.9 Å². The minimum Gasteiger partial charge on any atom is -0.508 e. The van der Waals surface area contributed by atoms with E-state index in [4.69, 9.17) is 77.3 Å². The van der Waals surface area contributed by atoms with Crippen molar-refractivity contribution in [3.05, 3.63) is 147 Å². The topological polar surface area (TPSA) is 570 Å². The van der Waals surface area contributed by atoms with Crippen LogP contribution in [0.15, 0.2) is 103 Å². The number of unbranched alkanes of at least 4 members (excludes halogenated alkanes) is 2. The number of phenolic OH excluding ortho intramolecular Hbond substituents is 3. The first-order valence-electron chi connectivity index (χ1n) is 40.5. The first-order chi connectivity index (χ1) is 58.8. The Labute approximate surface area is 722 Å². The fourth-order valence-corrected chi connectivity index (χ4v) is 16.4. The fourth-order valence-electron chi connectivity index (χ4n) is 16.0. The van der Waals surface area contributed by atoms with Crippen molar-refractivity contribution in [2.75, 3.05) is 20.3 Å². The summed E-state index contributed by atoms with van der Waals surface area (Å²) in [5.74, 6) is -15.4. The summed E-state index contributed by atoms with van der Waals surface area (Å²) in [5.41, 5.74) is 7.81. The van der Waals surface area contributed by atoms with Gasteiger partial charge in [0.1, 0.15) is 95.2 Å². The average molecular weight is 1770 g/mol. The highest BCUT2D eigenvalue weighted by molar-refractivity contribution is 6.32. The summed E-state index contributed by atoms with van der Waals surface area (Å²) in [6.45, 7) is 11.7. The number of aromatic hydroxyl groups is 3. The number of hydrogen-bond acceptors (Lipinski definition) is 29. The summed E-state index contributed by atoms with van der Waals surface area (Å²) in [6, 6.07) is 7.00. The molecule has 0 radical (unpaired) electrons. The van der Waals surface area contributed by atoms with Gasteiger partial charge in [-0.15, -0.1) is 0 Å². The van der Waals surface area contributed by atoms with Gasteiger partial charge in [0.05, 0.1) is 60.1 Å². The molecular weight excluding hydrogens is 1660 g/mol. The van der Waals surface area contributed by atoms with Gasteiger partial charge in [-0.3, -0.25) is 33.6 Å². The van der Waals surface area contributed by atoms with Gasteiger partial charge in [-0.1, -0.05) is 87.1 Å². The van der Waals surface area contributed by atoms with E-state index in [1.165, 1.54) is 51.2 Å². The third kappa shape index (κ3) is 20.8. The third-order valence-electron chi connectivity index (χ3n) is 22.7. The Hall–Kier alpha value is -10.3. The van der Waals surface area contributed by atoms with Crippen molar-refractivity contribution >= 4 is 70.5 Å². The lowest BCUT2D eigenvalue weighted by Crippen LogP contribution is -2.65. The van der Waals surface area contributed by atoms with Crippen molar-refractivity contribution in [2.24, 2.45) is 17.4 Å². The van der Waals surface area contributed by atoms with Gasteiger partial charge in [0.2, 0.25) is 53.4 Å². The standard InChI is InChI=1S/C85H104Cl2N10O27/c1-9-10-11-22-116-45-17-12-39(13-18-45)34-91-85(7)33-61(118-38(5)75(85)107)123-73-70(105)69(104)58(35-98)121-83(73)124-72-56-27-43-28-57(72)120-55-21-16-42(26-49(55)87)71(122-60-32-84(6,89)74(106)37(4)117-60)67-81(113)95-65(82(114)115)47-29-44(99)30-53(101)62(47)46-24-40(14-19-52(46)100)63(78(110)97-67)94-79(111)64(43)93-77(109)51(31-59(88)102)92-80(112)66(96-76(108)50(90-8)23-36(2)3)68(103)41-15-20-54(119-56)48(86)25-41/h12-21,24-30,36-38,50-51,58,60-61,63-71,73-75,83,90-91,98-101,103-107H,9-11,22-23,31-35,89H2,1-8H3,(H2,88,102)(H,92,112)(H,93,109)(H,94,111)(H,95,113)(H,96,108)(H,97,110)(H,114,115)/t37-,38-,50+,51-,58+,60+,61-,63+,64+,65-,66+,67-,68+,69+,70-,71+,73+,74-,75-,83-,84-,85-/m0/s1. The van der Waals surface area contributed by atoms with Crippen molar-refractivity contribution < 1.29 is 132 Å². The Bertz CT molecular complexity index is 4960. The first kappa shape index (κ1) is 92.9. The molecule has 0 saturated carbocycles. The number of likely N-dealkylation sites (N-methyl/N-ethyl adjacent to an activating group) is 1. The molecule has 124 heavy (non-hydrogen) atoms. The monoisotopic (exact) mass is 1770 g/mol. The van der Waals surface area contributed by atoms with Crippen molar-refractivity contribution in [3.8, 4) is 62.9 Å². The number of carboxylic acid groups (broad SMARTS) is 1. The van der Waals surface area contributed by atoms with Gasteiger partial charge in [-0.05, 0) is 148 Å². The molecule has 22 atom stereocenters. The lowest BCUT2D eigenvalue weighted by atomic mass is 9.84. The number of aliphatic hydroxyl groups is 6. The molecule has 0 aromatic heterocycles. The highest BCUT2D eigenvalue weighted by atomic mass is 35.5. The maximum Gasteiger partial charge on any atom is 0.330 e. The summed E-state index contributed by atoms with van der Waals surface area (Å²) < 4.78 is 58.8. The Morgan fingerprint density at radius 1 is 0.669 bits per heavy atom. The minimum absolute atomic E-state index is 0.117. The van der Waals surface area contributed by atoms with Crippen LogP contribution in [0.5, 0.6) is 51.7 Å². The van der Waals surface area contributed by atoms with E-state index in [1.807, 2.05) is 38.1 Å². The molecular formula is C85H104Cl2N10O27. The fraction of sp³-hybridized carbons (Fsp3) is 0.482. The molecule has 14 rings (SSSR count). The second-order valence-electron chi connectivity index (χ2n) is 32.7. The van der Waals surface area contributed by atoms with E-state index in [0.717, 1.165) is 73.4 Å². The summed E-state index contributed by atoms with van der Waals surface area (Å²) in [7, 11) is 1.48. The van der Waals surface area contributed by atoms with Crippen LogP contribution in [0.2, 0.25) is 10.0 Å². The Balaban J connectivity index is 1.08. The van der Waals surface area contributed by atoms with Gasteiger partial charge >= 0.3 is 5.97 Å². The van der Waals surface area contributed by atoms with Gasteiger partial charge in [0, 0.05) is 53.2 Å². The normalized spacial score (nSPS) is 29.9. The molecule has 37 nitrogen and oxygen atoms in total. The molecule has 670 valence electrons. The third-order valence-corrected chi connectivity index (χ3v) is 23.3. The maximum atomic E-state index is 16.5. The van der Waals surface area contributed by atoms with Crippen molar-refractivity contribution in [1.29, 1.82) is 0 Å². The van der Waals surface area contributed by atoms with Crippen LogP contribution >= 0.6 is 23.2 Å². The number of aliphatic carboxylic acids is 1. The number of carbonyl (C=O) groups is 8. The van der Waals surface area contributed by atoms with E-state index < -0.39 is 261 Å². The lowest BCUT2D eigenvalue weighted by molar-refractivity contribution is -0.334. The van der Waals surface area contributed by atoms with Gasteiger partial charge in [0.15, 0.2) is 36.2 Å². The quantitative estimate of drug-likeness (QED) is 0.0406. The second-order valence-corrected chi connectivity index (χ2v) is 33.5. The number of nitrogens with two attached hydrogens (primary N) is 2. The Morgan fingerprint density at radius 3 is 1.91 bits per heavy atom. The molecule has 11 bridgehead atoms. The van der Waals surface area contributed by atoms with E-state index in [9.17, 15) is 65.4 Å². The number of primary amides is 1. The highest BCUT2D eigenvalue weighted by Crippen LogP contribution is 2.51. The van der Waals surface area contributed by atoms with E-state index in [0.29, 0.717) is 12.4 Å². The summed E-state index contributed by atoms with van der Waals surface area (Å²) in [4.78, 5) is 121. The number of fused-ring (bicyclic) bond motifs is 15. The Morgan fingerprint density at radius 2 is 1.29 bits per heavy atom. The van der Waals surface area contributed by atoms with Crippen LogP contribution in [0, 0.1) is 5.92 Å². The maximum absolute atomic E-state index is 16.5. The van der Waals surface area contributed by atoms with Crippen LogP contribution in [0.25, 0.3) is 11.1 Å². The number of nitrogens with one attached hydrogen (secondary N) is 8. The zero-order chi connectivity index (χ0) is 89.8. The predicted molar refractivity (Wildman–Crippen MR) is 440 cm³/mol. The minimum atomic E-state index is -2.39. The van der Waals surface area contributed by atoms with Crippen LogP contribution in [0.4, 0.5) is 0 Å². The van der Waals surface area contributed by atoms with Crippen LogP contribution in [0.1, 0.15) is 157 Å². The average Bonchev–Trinajstić information content (AvgIpc) is 0.757. The van der Waals surface area contributed by atoms with Crippen molar-refractivity contribution in [3.63, 3.8) is 0 Å². The molecule has 7 amide bonds. The predicted octanol–water partition coefficient (Wildman–Crippen LogP) is 3.74. The summed E-state index contributed by atoms with van der Waals surface area (Å²) in [5, 5.41) is 137. The number of carboxylic acids is 1. The number of ether oxygens (including phenoxy) is 9. The van der Waals surface area contributed by atoms with E-state index in [2.05, 4.69) is 49.5 Å². The molecule has 0 unspecified atom stereocenters. The molecule has 0 spiro atoms. The van der Waals surface area contributed by atoms with Crippen LogP contribution in [-0.2, 0) is 68.6 Å². The number of hydrogen-bond donors (Lipinski definition) is 20. The van der Waals surface area contributed by atoms with Crippen LogP contribution in [0.3, 0.4) is 0 Å². The second kappa shape index (κ2) is 39.1. The molecule has 8 aliphatic rings. The zero-order valence-electron chi connectivity index (χ0n) is 68.8. The number of phenols is 3. The van der Waals surface area contributed by atoms with Crippen molar-refractivity contribution in [2.45, 2.75) is 233 Å². The molecule has 3 saturated heterocycles. The van der Waals surface area contributed by atoms with Crippen LogP contribution in [-0.4, -0.2) is 222 Å². The van der Waals surface area contributed by atoms with Gasteiger partial charge in [-0.2, -0.15) is 0 Å².